The van der Waals surface area contributed by atoms with Gasteiger partial charge in [-0.3, -0.25) is 4.79 Å². The first-order valence-corrected chi connectivity index (χ1v) is 7.14. The highest BCUT2D eigenvalue weighted by molar-refractivity contribution is 7.98. The Hall–Kier alpha value is -0.750. The van der Waals surface area contributed by atoms with Crippen LogP contribution in [0.4, 0.5) is 0 Å². The quantitative estimate of drug-likeness (QED) is 0.737. The highest BCUT2D eigenvalue weighted by Crippen LogP contribution is 2.14. The van der Waals surface area contributed by atoms with Crippen molar-refractivity contribution in [3.05, 3.63) is 0 Å². The van der Waals surface area contributed by atoms with Crippen molar-refractivity contribution in [1.29, 1.82) is 0 Å². The molecule has 0 bridgehead atoms. The van der Waals surface area contributed by atoms with Crippen molar-refractivity contribution in [2.45, 2.75) is 25.3 Å². The molecule has 1 unspecified atom stereocenters. The van der Waals surface area contributed by atoms with Crippen LogP contribution in [0.3, 0.4) is 0 Å². The molecule has 1 aliphatic heterocycles. The van der Waals surface area contributed by atoms with Crippen LogP contribution < -0.4 is 5.32 Å². The van der Waals surface area contributed by atoms with Crippen molar-refractivity contribution >= 4 is 23.6 Å². The Morgan fingerprint density at radius 2 is 2.35 bits per heavy atom. The van der Waals surface area contributed by atoms with Crippen LogP contribution in [0.2, 0.25) is 0 Å². The second kappa shape index (κ2) is 7.55. The van der Waals surface area contributed by atoms with E-state index < -0.39 is 12.0 Å². The van der Waals surface area contributed by atoms with Gasteiger partial charge in [-0.05, 0) is 31.3 Å². The predicted octanol–water partition coefficient (Wildman–Crippen LogP) is 0.735. The summed E-state index contributed by atoms with van der Waals surface area (Å²) in [4.78, 5) is 22.8. The number of carboxylic acids is 1. The monoisotopic (exact) mass is 261 g/mol. The van der Waals surface area contributed by atoms with E-state index in [0.29, 0.717) is 19.6 Å². The molecule has 1 rings (SSSR count). The molecule has 0 aromatic rings. The molecule has 2 atom stereocenters. The summed E-state index contributed by atoms with van der Waals surface area (Å²) in [5.41, 5.74) is 0. The first-order valence-electron chi connectivity index (χ1n) is 5.75. The van der Waals surface area contributed by atoms with Gasteiger partial charge in [0.05, 0.1) is 12.5 Å². The summed E-state index contributed by atoms with van der Waals surface area (Å²) in [7, 11) is 0. The first-order chi connectivity index (χ1) is 8.15. The Labute approximate surface area is 105 Å². The van der Waals surface area contributed by atoms with Gasteiger partial charge in [0.15, 0.2) is 0 Å². The van der Waals surface area contributed by atoms with Crippen LogP contribution in [0.25, 0.3) is 0 Å². The Morgan fingerprint density at radius 3 is 2.88 bits per heavy atom. The minimum Gasteiger partial charge on any atom is -0.480 e. The number of hydrogen-bond acceptors (Lipinski definition) is 4. The topological polar surface area (TPSA) is 75.6 Å². The zero-order valence-electron chi connectivity index (χ0n) is 9.98. The van der Waals surface area contributed by atoms with Crippen molar-refractivity contribution < 1.29 is 19.4 Å². The zero-order chi connectivity index (χ0) is 12.7. The van der Waals surface area contributed by atoms with E-state index in [-0.39, 0.29) is 11.8 Å². The van der Waals surface area contributed by atoms with Gasteiger partial charge in [0.1, 0.15) is 6.04 Å². The van der Waals surface area contributed by atoms with E-state index in [1.807, 2.05) is 6.26 Å². The van der Waals surface area contributed by atoms with Crippen LogP contribution >= 0.6 is 11.8 Å². The third-order valence-corrected chi connectivity index (χ3v) is 3.40. The number of carbonyl (C=O) groups is 2. The minimum atomic E-state index is -0.968. The Kier molecular flexibility index (Phi) is 6.36. The average Bonchev–Trinajstić information content (AvgIpc) is 2.35. The van der Waals surface area contributed by atoms with Crippen molar-refractivity contribution in [3.63, 3.8) is 0 Å². The molecular formula is C11H19NO4S. The molecule has 2 N–H and O–H groups in total. The Balaban J connectivity index is 2.42. The van der Waals surface area contributed by atoms with E-state index in [4.69, 9.17) is 9.84 Å². The third kappa shape index (κ3) is 4.95. The highest BCUT2D eigenvalue weighted by atomic mass is 32.2. The number of ether oxygens (including phenoxy) is 1. The van der Waals surface area contributed by atoms with Crippen LogP contribution in [0.15, 0.2) is 0 Å². The number of amides is 1. The van der Waals surface area contributed by atoms with Crippen LogP contribution in [0, 0.1) is 5.92 Å². The molecule has 98 valence electrons. The van der Waals surface area contributed by atoms with Gasteiger partial charge in [-0.15, -0.1) is 0 Å². The fourth-order valence-electron chi connectivity index (χ4n) is 1.73. The first kappa shape index (κ1) is 14.3. The fraction of sp³-hybridized carbons (Fsp3) is 0.818. The molecule has 6 heteroatoms. The minimum absolute atomic E-state index is 0.195. The fourth-order valence-corrected chi connectivity index (χ4v) is 2.20. The largest absolute Gasteiger partial charge is 0.480 e. The number of nitrogens with one attached hydrogen (secondary N) is 1. The summed E-state index contributed by atoms with van der Waals surface area (Å²) >= 11 is 1.57. The van der Waals surface area contributed by atoms with Crippen LogP contribution in [0.1, 0.15) is 19.3 Å². The van der Waals surface area contributed by atoms with Gasteiger partial charge in [0.2, 0.25) is 5.91 Å². The highest BCUT2D eigenvalue weighted by Gasteiger charge is 2.26. The zero-order valence-corrected chi connectivity index (χ0v) is 10.8. The Bertz CT molecular complexity index is 266. The smallest absolute Gasteiger partial charge is 0.326 e. The summed E-state index contributed by atoms with van der Waals surface area (Å²) in [6.07, 6.45) is 4.01. The van der Waals surface area contributed by atoms with Gasteiger partial charge in [0, 0.05) is 6.61 Å². The third-order valence-electron chi connectivity index (χ3n) is 2.76. The molecule has 0 aliphatic carbocycles. The molecule has 0 aromatic carbocycles. The molecule has 1 amide bonds. The van der Waals surface area contributed by atoms with Crippen molar-refractivity contribution in [2.24, 2.45) is 5.92 Å². The summed E-state index contributed by atoms with van der Waals surface area (Å²) in [6, 6.07) is -0.781. The van der Waals surface area contributed by atoms with E-state index in [1.165, 1.54) is 0 Å². The molecule has 0 aromatic heterocycles. The van der Waals surface area contributed by atoms with Crippen molar-refractivity contribution in [3.8, 4) is 0 Å². The van der Waals surface area contributed by atoms with E-state index in [9.17, 15) is 9.59 Å². The molecule has 17 heavy (non-hydrogen) atoms. The number of thioether (sulfide) groups is 1. The average molecular weight is 261 g/mol. The van der Waals surface area contributed by atoms with E-state index in [2.05, 4.69) is 5.32 Å². The summed E-state index contributed by atoms with van der Waals surface area (Å²) in [5, 5.41) is 11.6. The van der Waals surface area contributed by atoms with E-state index in [0.717, 1.165) is 18.6 Å². The second-order valence-corrected chi connectivity index (χ2v) is 5.08. The predicted molar refractivity (Wildman–Crippen MR) is 66.1 cm³/mol. The number of aliphatic carboxylic acids is 1. The number of carbonyl (C=O) groups excluding carboxylic acids is 1. The lowest BCUT2D eigenvalue weighted by atomic mass is 10.0. The summed E-state index contributed by atoms with van der Waals surface area (Å²) in [6.45, 7) is 1.10. The lowest BCUT2D eigenvalue weighted by molar-refractivity contribution is -0.143. The van der Waals surface area contributed by atoms with Gasteiger partial charge in [-0.2, -0.15) is 11.8 Å². The molecule has 5 nitrogen and oxygen atoms in total. The van der Waals surface area contributed by atoms with Crippen LogP contribution in [0.5, 0.6) is 0 Å². The van der Waals surface area contributed by atoms with Crippen molar-refractivity contribution in [1.82, 2.24) is 5.32 Å². The SMILES string of the molecule is CSCC[C@H](NC(=O)C1CCCOC1)C(=O)O. The molecule has 1 saturated heterocycles. The number of hydrogen-bond donors (Lipinski definition) is 2. The lowest BCUT2D eigenvalue weighted by Crippen LogP contribution is -2.45. The molecule has 1 aliphatic rings. The summed E-state index contributed by atoms with van der Waals surface area (Å²) in [5.74, 6) is -0.638. The van der Waals surface area contributed by atoms with Gasteiger partial charge in [0.25, 0.3) is 0 Å². The normalized spacial score (nSPS) is 21.8. The lowest BCUT2D eigenvalue weighted by Gasteiger charge is -2.23. The van der Waals surface area contributed by atoms with E-state index >= 15 is 0 Å². The van der Waals surface area contributed by atoms with Gasteiger partial charge >= 0.3 is 5.97 Å². The molecule has 0 radical (unpaired) electrons. The number of rotatable bonds is 6. The maximum absolute atomic E-state index is 11.8. The standard InChI is InChI=1S/C11H19NO4S/c1-17-6-4-9(11(14)15)12-10(13)8-3-2-5-16-7-8/h8-9H,2-7H2,1H3,(H,12,13)(H,14,15)/t8?,9-/m0/s1. The molecule has 0 spiro atoms. The molecule has 0 saturated carbocycles. The molecule has 1 fully saturated rings. The van der Waals surface area contributed by atoms with Gasteiger partial charge in [-0.25, -0.2) is 4.79 Å². The molecule has 1 heterocycles. The van der Waals surface area contributed by atoms with Crippen molar-refractivity contribution in [2.75, 3.05) is 25.2 Å². The summed E-state index contributed by atoms with van der Waals surface area (Å²) < 4.78 is 5.21. The van der Waals surface area contributed by atoms with Crippen LogP contribution in [-0.2, 0) is 14.3 Å². The maximum Gasteiger partial charge on any atom is 0.326 e. The van der Waals surface area contributed by atoms with Gasteiger partial charge in [-0.1, -0.05) is 0 Å². The van der Waals surface area contributed by atoms with Gasteiger partial charge < -0.3 is 15.2 Å². The maximum atomic E-state index is 11.8. The second-order valence-electron chi connectivity index (χ2n) is 4.09. The van der Waals surface area contributed by atoms with E-state index in [1.54, 1.807) is 11.8 Å². The number of carboxylic acid groups (broad SMARTS) is 1. The molecular weight excluding hydrogens is 242 g/mol. The van der Waals surface area contributed by atoms with Crippen LogP contribution in [-0.4, -0.2) is 48.2 Å². The Morgan fingerprint density at radius 1 is 1.59 bits per heavy atom.